The molecular weight excluding hydrogens is 400 g/mol. The Labute approximate surface area is 191 Å². The summed E-state index contributed by atoms with van der Waals surface area (Å²) in [6.07, 6.45) is 0. The third-order valence-corrected chi connectivity index (χ3v) is 5.06. The summed E-state index contributed by atoms with van der Waals surface area (Å²) in [7, 11) is 5.86. The van der Waals surface area contributed by atoms with E-state index in [0.29, 0.717) is 19.7 Å². The van der Waals surface area contributed by atoms with Crippen molar-refractivity contribution in [3.05, 3.63) is 77.1 Å². The second-order valence-corrected chi connectivity index (χ2v) is 8.05. The van der Waals surface area contributed by atoms with E-state index in [1.807, 2.05) is 50.0 Å². The lowest BCUT2D eigenvalue weighted by Gasteiger charge is -2.15. The van der Waals surface area contributed by atoms with Crippen LogP contribution in [0.1, 0.15) is 22.5 Å². The van der Waals surface area contributed by atoms with E-state index in [1.54, 1.807) is 7.05 Å². The molecule has 2 N–H and O–H groups in total. The van der Waals surface area contributed by atoms with Crippen molar-refractivity contribution < 1.29 is 4.74 Å². The summed E-state index contributed by atoms with van der Waals surface area (Å²) in [5, 5.41) is 11.4. The molecule has 0 atom stereocenters. The zero-order valence-electron chi connectivity index (χ0n) is 19.7. The fourth-order valence-corrected chi connectivity index (χ4v) is 3.42. The van der Waals surface area contributed by atoms with Crippen LogP contribution in [0.5, 0.6) is 5.75 Å². The minimum absolute atomic E-state index is 0.641. The third-order valence-electron chi connectivity index (χ3n) is 5.06. The van der Waals surface area contributed by atoms with Crippen molar-refractivity contribution in [2.75, 3.05) is 34.3 Å². The molecule has 0 radical (unpaired) electrons. The van der Waals surface area contributed by atoms with Gasteiger partial charge in [-0.1, -0.05) is 30.3 Å². The third kappa shape index (κ3) is 6.59. The van der Waals surface area contributed by atoms with Crippen LogP contribution < -0.4 is 15.4 Å². The van der Waals surface area contributed by atoms with Gasteiger partial charge in [0.15, 0.2) is 5.96 Å². The van der Waals surface area contributed by atoms with E-state index in [-0.39, 0.29) is 0 Å². The highest BCUT2D eigenvalue weighted by atomic mass is 16.5. The molecule has 1 heterocycles. The first-order chi connectivity index (χ1) is 15.5. The van der Waals surface area contributed by atoms with Crippen LogP contribution in [-0.2, 0) is 13.1 Å². The topological polar surface area (TPSA) is 66.7 Å². The molecule has 170 valence electrons. The number of ether oxygens (including phenoxy) is 1. The minimum atomic E-state index is 0.641. The molecule has 3 rings (SSSR count). The molecule has 3 aromatic rings. The first-order valence-corrected chi connectivity index (χ1v) is 10.9. The van der Waals surface area contributed by atoms with Gasteiger partial charge in [0.1, 0.15) is 12.4 Å². The molecule has 0 aliphatic heterocycles. The fraction of sp³-hybridized carbons (Fsp3) is 0.360. The lowest BCUT2D eigenvalue weighted by atomic mass is 10.1. The first-order valence-electron chi connectivity index (χ1n) is 10.9. The van der Waals surface area contributed by atoms with Gasteiger partial charge in [0.25, 0.3) is 0 Å². The van der Waals surface area contributed by atoms with Crippen LogP contribution in [0.25, 0.3) is 5.69 Å². The summed E-state index contributed by atoms with van der Waals surface area (Å²) in [6.45, 7) is 6.94. The SMILES string of the molecule is CN=C(NCc1cccc(OCCN(C)C)c1)NCc1ccccc1-n1nc(C)cc1C. The van der Waals surface area contributed by atoms with Crippen LogP contribution in [-0.4, -0.2) is 54.9 Å². The summed E-state index contributed by atoms with van der Waals surface area (Å²) in [6, 6.07) is 18.5. The maximum atomic E-state index is 5.84. The van der Waals surface area contributed by atoms with Crippen LogP contribution in [0.15, 0.2) is 59.6 Å². The maximum absolute atomic E-state index is 5.84. The average molecular weight is 435 g/mol. The smallest absolute Gasteiger partial charge is 0.191 e. The Morgan fingerprint density at radius 2 is 1.81 bits per heavy atom. The van der Waals surface area contributed by atoms with Crippen LogP contribution in [0.2, 0.25) is 0 Å². The standard InChI is InChI=1S/C25H34N6O/c1-19-15-20(2)31(29-19)24-12-7-6-10-22(24)18-28-25(26-3)27-17-21-9-8-11-23(16-21)32-14-13-30(4)5/h6-12,15-16H,13-14,17-18H2,1-5H3,(H2,26,27,28). The van der Waals surface area contributed by atoms with Crippen LogP contribution >= 0.6 is 0 Å². The number of aryl methyl sites for hydroxylation is 2. The Hall–Kier alpha value is -3.32. The second kappa shape index (κ2) is 11.3. The van der Waals surface area contributed by atoms with Gasteiger partial charge < -0.3 is 20.3 Å². The molecule has 0 unspecified atom stereocenters. The van der Waals surface area contributed by atoms with Crippen LogP contribution in [0.3, 0.4) is 0 Å². The molecule has 0 aliphatic rings. The fourth-order valence-electron chi connectivity index (χ4n) is 3.42. The molecule has 0 saturated heterocycles. The largest absolute Gasteiger partial charge is 0.492 e. The molecule has 0 saturated carbocycles. The monoisotopic (exact) mass is 434 g/mol. The second-order valence-electron chi connectivity index (χ2n) is 8.05. The number of aliphatic imine (C=N–C) groups is 1. The summed E-state index contributed by atoms with van der Waals surface area (Å²) in [4.78, 5) is 6.47. The molecule has 0 amide bonds. The number of para-hydroxylation sites is 1. The van der Waals surface area contributed by atoms with Crippen molar-refractivity contribution in [2.45, 2.75) is 26.9 Å². The summed E-state index contributed by atoms with van der Waals surface area (Å²) in [5.41, 5.74) is 5.49. The summed E-state index contributed by atoms with van der Waals surface area (Å²) < 4.78 is 7.83. The van der Waals surface area contributed by atoms with E-state index in [2.05, 4.69) is 62.9 Å². The molecule has 2 aromatic carbocycles. The number of hydrogen-bond donors (Lipinski definition) is 2. The molecule has 0 bridgehead atoms. The maximum Gasteiger partial charge on any atom is 0.191 e. The van der Waals surface area contributed by atoms with Gasteiger partial charge >= 0.3 is 0 Å². The summed E-state index contributed by atoms with van der Waals surface area (Å²) in [5.74, 6) is 1.63. The summed E-state index contributed by atoms with van der Waals surface area (Å²) >= 11 is 0. The van der Waals surface area contributed by atoms with Gasteiger partial charge in [0.2, 0.25) is 0 Å². The molecule has 1 aromatic heterocycles. The van der Waals surface area contributed by atoms with Crippen LogP contribution in [0.4, 0.5) is 0 Å². The predicted octanol–water partition coefficient (Wildman–Crippen LogP) is 3.29. The van der Waals surface area contributed by atoms with Gasteiger partial charge in [-0.3, -0.25) is 4.99 Å². The van der Waals surface area contributed by atoms with Gasteiger partial charge in [0, 0.05) is 32.4 Å². The van der Waals surface area contributed by atoms with E-state index in [4.69, 9.17) is 4.74 Å². The normalized spacial score (nSPS) is 11.6. The van der Waals surface area contributed by atoms with Gasteiger partial charge in [-0.2, -0.15) is 5.10 Å². The van der Waals surface area contributed by atoms with Crippen LogP contribution in [0, 0.1) is 13.8 Å². The number of likely N-dealkylation sites (N-methyl/N-ethyl adjacent to an activating group) is 1. The van der Waals surface area contributed by atoms with E-state index in [1.165, 1.54) is 0 Å². The Bertz CT molecular complexity index is 1040. The van der Waals surface area contributed by atoms with Crippen molar-refractivity contribution in [3.63, 3.8) is 0 Å². The van der Waals surface area contributed by atoms with Gasteiger partial charge in [-0.25, -0.2) is 4.68 Å². The van der Waals surface area contributed by atoms with Gasteiger partial charge in [0.05, 0.1) is 11.4 Å². The number of nitrogens with one attached hydrogen (secondary N) is 2. The number of benzene rings is 2. The predicted molar refractivity (Wildman–Crippen MR) is 131 cm³/mol. The molecule has 0 aliphatic carbocycles. The Balaban J connectivity index is 1.58. The molecule has 0 spiro atoms. The minimum Gasteiger partial charge on any atom is -0.492 e. The number of hydrogen-bond acceptors (Lipinski definition) is 4. The van der Waals surface area contributed by atoms with Gasteiger partial charge in [-0.15, -0.1) is 0 Å². The molecule has 7 heteroatoms. The van der Waals surface area contributed by atoms with Crippen molar-refractivity contribution in [1.29, 1.82) is 0 Å². The molecule has 0 fully saturated rings. The van der Waals surface area contributed by atoms with Crippen molar-refractivity contribution in [3.8, 4) is 11.4 Å². The zero-order valence-corrected chi connectivity index (χ0v) is 19.7. The Kier molecular flexibility index (Phi) is 8.27. The van der Waals surface area contributed by atoms with E-state index < -0.39 is 0 Å². The Morgan fingerprint density at radius 3 is 2.53 bits per heavy atom. The van der Waals surface area contributed by atoms with E-state index >= 15 is 0 Å². The molecule has 7 nitrogen and oxygen atoms in total. The van der Waals surface area contributed by atoms with Gasteiger partial charge in [-0.05, 0) is 63.3 Å². The lowest BCUT2D eigenvalue weighted by molar-refractivity contribution is 0.261. The number of guanidine groups is 1. The van der Waals surface area contributed by atoms with Crippen molar-refractivity contribution in [2.24, 2.45) is 4.99 Å². The Morgan fingerprint density at radius 1 is 1.03 bits per heavy atom. The van der Waals surface area contributed by atoms with E-state index in [0.717, 1.165) is 46.5 Å². The highest BCUT2D eigenvalue weighted by molar-refractivity contribution is 5.79. The molecule has 32 heavy (non-hydrogen) atoms. The lowest BCUT2D eigenvalue weighted by Crippen LogP contribution is -2.36. The first kappa shape index (κ1) is 23.3. The quantitative estimate of drug-likeness (QED) is 0.400. The molecular formula is C25H34N6O. The average Bonchev–Trinajstić information content (AvgIpc) is 3.12. The zero-order chi connectivity index (χ0) is 22.9. The highest BCUT2D eigenvalue weighted by Gasteiger charge is 2.09. The highest BCUT2D eigenvalue weighted by Crippen LogP contribution is 2.17. The van der Waals surface area contributed by atoms with Crippen molar-refractivity contribution in [1.82, 2.24) is 25.3 Å². The van der Waals surface area contributed by atoms with Crippen molar-refractivity contribution >= 4 is 5.96 Å². The number of rotatable bonds is 9. The number of nitrogens with zero attached hydrogens (tertiary/aromatic N) is 4. The number of aromatic nitrogens is 2. The van der Waals surface area contributed by atoms with E-state index in [9.17, 15) is 0 Å².